The second-order valence-corrected chi connectivity index (χ2v) is 8.14. The van der Waals surface area contributed by atoms with Gasteiger partial charge in [0, 0.05) is 6.54 Å². The van der Waals surface area contributed by atoms with E-state index in [1.165, 1.54) is 0 Å². The Balaban J connectivity index is 1.79. The zero-order chi connectivity index (χ0) is 23.2. The first-order valence-electron chi connectivity index (χ1n) is 11.1. The Bertz CT molecular complexity index is 1060. The molecule has 0 bridgehead atoms. The van der Waals surface area contributed by atoms with Gasteiger partial charge in [-0.25, -0.2) is 0 Å². The average molecular weight is 448 g/mol. The van der Waals surface area contributed by atoms with Crippen molar-refractivity contribution in [3.05, 3.63) is 83.9 Å². The molecule has 1 N–H and O–H groups in total. The highest BCUT2D eigenvalue weighted by atomic mass is 16.5. The summed E-state index contributed by atoms with van der Waals surface area (Å²) in [7, 11) is 3.28. The second-order valence-electron chi connectivity index (χ2n) is 8.14. The first-order chi connectivity index (χ1) is 16.1. The monoisotopic (exact) mass is 447 g/mol. The molecule has 2 unspecified atom stereocenters. The lowest BCUT2D eigenvalue weighted by atomic mass is 9.90. The zero-order valence-corrected chi connectivity index (χ0v) is 18.9. The zero-order valence-electron chi connectivity index (χ0n) is 18.9. The van der Waals surface area contributed by atoms with Gasteiger partial charge in [0.1, 0.15) is 23.0 Å². The van der Waals surface area contributed by atoms with Crippen LogP contribution in [0.5, 0.6) is 23.0 Å². The highest BCUT2D eigenvalue weighted by Crippen LogP contribution is 2.43. The summed E-state index contributed by atoms with van der Waals surface area (Å²) >= 11 is 0. The Morgan fingerprint density at radius 1 is 0.939 bits per heavy atom. The topological polar surface area (TPSA) is 68.2 Å². The van der Waals surface area contributed by atoms with Gasteiger partial charge in [-0.3, -0.25) is 9.69 Å². The molecule has 6 nitrogen and oxygen atoms in total. The van der Waals surface area contributed by atoms with Crippen LogP contribution in [0.3, 0.4) is 0 Å². The van der Waals surface area contributed by atoms with Crippen molar-refractivity contribution in [3.63, 3.8) is 0 Å². The van der Waals surface area contributed by atoms with Crippen LogP contribution in [0.4, 0.5) is 0 Å². The molecule has 1 heterocycles. The predicted molar refractivity (Wildman–Crippen MR) is 126 cm³/mol. The predicted octanol–water partition coefficient (Wildman–Crippen LogP) is 5.38. The number of aliphatic carboxylic acids is 1. The maximum Gasteiger partial charge on any atom is 0.307 e. The maximum atomic E-state index is 11.8. The van der Waals surface area contributed by atoms with Crippen molar-refractivity contribution in [3.8, 4) is 23.0 Å². The van der Waals surface area contributed by atoms with Crippen LogP contribution >= 0.6 is 0 Å². The Labute approximate surface area is 194 Å². The van der Waals surface area contributed by atoms with Crippen LogP contribution in [0.1, 0.15) is 30.0 Å². The molecule has 0 aromatic heterocycles. The fourth-order valence-electron chi connectivity index (χ4n) is 4.52. The van der Waals surface area contributed by atoms with Gasteiger partial charge in [0.25, 0.3) is 0 Å². The number of hydrogen-bond donors (Lipinski definition) is 1. The number of ether oxygens (including phenoxy) is 3. The molecule has 0 aliphatic carbocycles. The van der Waals surface area contributed by atoms with Crippen LogP contribution in [0.15, 0.2) is 72.8 Å². The third-order valence-corrected chi connectivity index (χ3v) is 6.06. The van der Waals surface area contributed by atoms with Crippen molar-refractivity contribution < 1.29 is 24.1 Å². The first-order valence-corrected chi connectivity index (χ1v) is 11.1. The summed E-state index contributed by atoms with van der Waals surface area (Å²) in [4.78, 5) is 14.0. The molecular weight excluding hydrogens is 418 g/mol. The number of benzene rings is 3. The molecule has 1 aliphatic heterocycles. The molecule has 2 atom stereocenters. The summed E-state index contributed by atoms with van der Waals surface area (Å²) in [6.07, 6.45) is 1.49. The second kappa shape index (κ2) is 10.4. The third-order valence-electron chi connectivity index (χ3n) is 6.06. The van der Waals surface area contributed by atoms with Crippen molar-refractivity contribution in [2.45, 2.75) is 18.9 Å². The van der Waals surface area contributed by atoms with Gasteiger partial charge in [0.15, 0.2) is 0 Å². The largest absolute Gasteiger partial charge is 0.496 e. The number of nitrogens with zero attached hydrogens (tertiary/aromatic N) is 1. The minimum Gasteiger partial charge on any atom is -0.496 e. The molecule has 3 aromatic rings. The number of carbonyl (C=O) groups is 1. The van der Waals surface area contributed by atoms with E-state index < -0.39 is 11.9 Å². The van der Waals surface area contributed by atoms with Crippen LogP contribution in [0, 0.1) is 5.92 Å². The molecule has 3 aromatic carbocycles. The molecular formula is C27H29NO5. The summed E-state index contributed by atoms with van der Waals surface area (Å²) in [5.41, 5.74) is 1.86. The number of carboxylic acid groups (broad SMARTS) is 1. The quantitative estimate of drug-likeness (QED) is 0.500. The van der Waals surface area contributed by atoms with Crippen molar-refractivity contribution in [2.75, 3.05) is 27.3 Å². The first kappa shape index (κ1) is 22.7. The molecule has 172 valence electrons. The van der Waals surface area contributed by atoms with Crippen molar-refractivity contribution in [2.24, 2.45) is 5.92 Å². The summed E-state index contributed by atoms with van der Waals surface area (Å²) < 4.78 is 17.5. The van der Waals surface area contributed by atoms with Gasteiger partial charge in [0.2, 0.25) is 0 Å². The minimum atomic E-state index is -0.758. The molecule has 1 fully saturated rings. The number of para-hydroxylation sites is 1. The number of likely N-dealkylation sites (tertiary alicyclic amines) is 1. The summed E-state index contributed by atoms with van der Waals surface area (Å²) in [5, 5.41) is 9.69. The molecule has 1 saturated heterocycles. The number of hydrogen-bond acceptors (Lipinski definition) is 5. The minimum absolute atomic E-state index is 0.252. The Kier molecular flexibility index (Phi) is 7.15. The number of piperidine rings is 1. The van der Waals surface area contributed by atoms with E-state index in [1.807, 2.05) is 72.8 Å². The fraction of sp³-hybridized carbons (Fsp3) is 0.296. The SMILES string of the molecule is COc1cccc(OC)c1C(c1cccc(Oc2ccccc2)c1)N1CCCC(C(=O)O)C1. The Morgan fingerprint density at radius 3 is 2.27 bits per heavy atom. The van der Waals surface area contributed by atoms with Crippen LogP contribution < -0.4 is 14.2 Å². The molecule has 1 aliphatic rings. The summed E-state index contributed by atoms with van der Waals surface area (Å²) in [6.45, 7) is 1.23. The molecule has 0 amide bonds. The fourth-order valence-corrected chi connectivity index (χ4v) is 4.52. The van der Waals surface area contributed by atoms with Crippen LogP contribution in [0.25, 0.3) is 0 Å². The van der Waals surface area contributed by atoms with Gasteiger partial charge >= 0.3 is 5.97 Å². The highest BCUT2D eigenvalue weighted by Gasteiger charge is 2.34. The summed E-state index contributed by atoms with van der Waals surface area (Å²) in [6, 6.07) is 23.0. The number of carboxylic acids is 1. The van der Waals surface area contributed by atoms with Crippen molar-refractivity contribution in [1.82, 2.24) is 4.90 Å². The molecule has 4 rings (SSSR count). The number of methoxy groups -OCH3 is 2. The van der Waals surface area contributed by atoms with Gasteiger partial charge in [-0.2, -0.15) is 0 Å². The van der Waals surface area contributed by atoms with E-state index in [4.69, 9.17) is 14.2 Å². The van der Waals surface area contributed by atoms with E-state index in [0.29, 0.717) is 30.2 Å². The average Bonchev–Trinajstić information content (AvgIpc) is 2.85. The molecule has 0 saturated carbocycles. The lowest BCUT2D eigenvalue weighted by molar-refractivity contribution is -0.143. The molecule has 6 heteroatoms. The van der Waals surface area contributed by atoms with Crippen LogP contribution in [-0.4, -0.2) is 43.3 Å². The van der Waals surface area contributed by atoms with Gasteiger partial charge in [-0.1, -0.05) is 36.4 Å². The smallest absolute Gasteiger partial charge is 0.307 e. The van der Waals surface area contributed by atoms with E-state index in [2.05, 4.69) is 4.90 Å². The van der Waals surface area contributed by atoms with Crippen LogP contribution in [-0.2, 0) is 4.79 Å². The standard InChI is InChI=1S/C27H29NO5/c1-31-23-14-7-15-24(32-2)25(23)26(28-16-8-10-20(18-28)27(29)30)19-9-6-13-22(17-19)33-21-11-4-3-5-12-21/h3-7,9,11-15,17,20,26H,8,10,16,18H2,1-2H3,(H,29,30). The Morgan fingerprint density at radius 2 is 1.61 bits per heavy atom. The molecule has 33 heavy (non-hydrogen) atoms. The van der Waals surface area contributed by atoms with E-state index in [-0.39, 0.29) is 6.04 Å². The van der Waals surface area contributed by atoms with E-state index in [9.17, 15) is 9.90 Å². The van der Waals surface area contributed by atoms with E-state index in [1.54, 1.807) is 14.2 Å². The highest BCUT2D eigenvalue weighted by molar-refractivity contribution is 5.70. The van der Waals surface area contributed by atoms with Crippen molar-refractivity contribution >= 4 is 5.97 Å². The van der Waals surface area contributed by atoms with Crippen LogP contribution in [0.2, 0.25) is 0 Å². The lowest BCUT2D eigenvalue weighted by Gasteiger charge is -2.38. The lowest BCUT2D eigenvalue weighted by Crippen LogP contribution is -2.41. The number of rotatable bonds is 8. The molecule has 0 spiro atoms. The Hall–Kier alpha value is -3.51. The maximum absolute atomic E-state index is 11.8. The van der Waals surface area contributed by atoms with E-state index in [0.717, 1.165) is 29.8 Å². The van der Waals surface area contributed by atoms with Gasteiger partial charge in [-0.05, 0) is 61.3 Å². The third kappa shape index (κ3) is 5.12. The molecule has 0 radical (unpaired) electrons. The van der Waals surface area contributed by atoms with Crippen molar-refractivity contribution in [1.29, 1.82) is 0 Å². The summed E-state index contributed by atoms with van der Waals surface area (Å²) in [5.74, 6) is 1.70. The van der Waals surface area contributed by atoms with Gasteiger partial charge < -0.3 is 19.3 Å². The van der Waals surface area contributed by atoms with Gasteiger partial charge in [0.05, 0.1) is 31.7 Å². The van der Waals surface area contributed by atoms with Gasteiger partial charge in [-0.15, -0.1) is 0 Å². The van der Waals surface area contributed by atoms with E-state index >= 15 is 0 Å². The normalized spacial score (nSPS) is 17.2.